The first-order valence-corrected chi connectivity index (χ1v) is 18.1. The fourth-order valence-electron chi connectivity index (χ4n) is 9.89. The highest BCUT2D eigenvalue weighted by Crippen LogP contribution is 2.62. The van der Waals surface area contributed by atoms with E-state index >= 15 is 0 Å². The van der Waals surface area contributed by atoms with Crippen LogP contribution in [0.15, 0.2) is 194 Å². The van der Waals surface area contributed by atoms with E-state index < -0.39 is 0 Å². The predicted molar refractivity (Wildman–Crippen MR) is 214 cm³/mol. The molecule has 0 bridgehead atoms. The minimum atomic E-state index is -0.258. The fourth-order valence-corrected chi connectivity index (χ4v) is 9.89. The number of nitrogens with one attached hydrogen (secondary N) is 2. The van der Waals surface area contributed by atoms with Gasteiger partial charge >= 0.3 is 0 Å². The largest absolute Gasteiger partial charge is 0.355 e. The molecule has 2 heteroatoms. The van der Waals surface area contributed by atoms with Crippen molar-refractivity contribution in [1.82, 2.24) is 0 Å². The normalized spacial score (nSPS) is 14.8. The summed E-state index contributed by atoms with van der Waals surface area (Å²) in [7, 11) is 0. The molecule has 0 fully saturated rings. The van der Waals surface area contributed by atoms with Gasteiger partial charge in [-0.15, -0.1) is 0 Å². The molecule has 0 radical (unpaired) electrons. The molecule has 2 nitrogen and oxygen atoms in total. The van der Waals surface area contributed by atoms with E-state index in [1.807, 2.05) is 0 Å². The molecule has 0 unspecified atom stereocenters. The van der Waals surface area contributed by atoms with Gasteiger partial charge in [-0.3, -0.25) is 0 Å². The van der Waals surface area contributed by atoms with Gasteiger partial charge in [0.05, 0.1) is 10.8 Å². The molecule has 12 rings (SSSR count). The van der Waals surface area contributed by atoms with E-state index in [0.717, 1.165) is 0 Å². The van der Waals surface area contributed by atoms with Gasteiger partial charge in [0.25, 0.3) is 0 Å². The molecule has 244 valence electrons. The Morgan fingerprint density at radius 2 is 0.404 bits per heavy atom. The van der Waals surface area contributed by atoms with Gasteiger partial charge in [-0.05, 0) is 91.0 Å². The van der Waals surface area contributed by atoms with E-state index in [1.165, 1.54) is 89.5 Å². The van der Waals surface area contributed by atoms with E-state index in [1.54, 1.807) is 0 Å². The predicted octanol–water partition coefficient (Wildman–Crippen LogP) is 12.2. The number of hydrogen-bond acceptors (Lipinski definition) is 2. The summed E-state index contributed by atoms with van der Waals surface area (Å²) in [6, 6.07) is 70.4. The van der Waals surface area contributed by atoms with Crippen LogP contribution in [0.25, 0.3) is 22.3 Å². The zero-order chi connectivity index (χ0) is 34.3. The molecular weight excluding hydrogens is 629 g/mol. The van der Waals surface area contributed by atoms with Crippen LogP contribution in [0, 0.1) is 0 Å². The first-order valence-electron chi connectivity index (χ1n) is 18.1. The van der Waals surface area contributed by atoms with Crippen molar-refractivity contribution in [3.05, 3.63) is 239 Å². The van der Waals surface area contributed by atoms with Crippen LogP contribution in [-0.4, -0.2) is 0 Å². The Hall–Kier alpha value is -6.64. The number of para-hydroxylation sites is 4. The van der Waals surface area contributed by atoms with Crippen molar-refractivity contribution < 1.29 is 0 Å². The average Bonchev–Trinajstić information content (AvgIpc) is 3.67. The van der Waals surface area contributed by atoms with Crippen molar-refractivity contribution in [1.29, 1.82) is 0 Å². The molecule has 2 N–H and O–H groups in total. The van der Waals surface area contributed by atoms with Gasteiger partial charge in [0, 0.05) is 22.7 Å². The third-order valence-corrected chi connectivity index (χ3v) is 11.8. The van der Waals surface area contributed by atoms with Gasteiger partial charge in [-0.25, -0.2) is 0 Å². The van der Waals surface area contributed by atoms with Gasteiger partial charge < -0.3 is 10.6 Å². The maximum atomic E-state index is 3.65. The number of rotatable bonds is 0. The molecule has 0 atom stereocenters. The van der Waals surface area contributed by atoms with Crippen molar-refractivity contribution in [2.45, 2.75) is 10.8 Å². The topological polar surface area (TPSA) is 24.1 Å². The third kappa shape index (κ3) is 3.68. The van der Waals surface area contributed by atoms with E-state index in [2.05, 4.69) is 205 Å². The highest BCUT2D eigenvalue weighted by atomic mass is 14.9. The lowest BCUT2D eigenvalue weighted by Crippen LogP contribution is -2.33. The van der Waals surface area contributed by atoms with Crippen LogP contribution in [0.3, 0.4) is 0 Å². The van der Waals surface area contributed by atoms with Crippen molar-refractivity contribution in [3.63, 3.8) is 0 Å². The summed E-state index contributed by atoms with van der Waals surface area (Å²) in [6.07, 6.45) is 0. The minimum absolute atomic E-state index is 0.258. The second-order valence-corrected chi connectivity index (χ2v) is 14.1. The molecule has 4 aliphatic rings. The van der Waals surface area contributed by atoms with Crippen LogP contribution in [-0.2, 0) is 10.8 Å². The lowest BCUT2D eigenvalue weighted by molar-refractivity contribution is 0.763. The van der Waals surface area contributed by atoms with Crippen LogP contribution in [0.5, 0.6) is 0 Å². The average molecular weight is 663 g/mol. The first-order chi connectivity index (χ1) is 25.8. The summed E-state index contributed by atoms with van der Waals surface area (Å²) in [5.41, 5.74) is 20.5. The minimum Gasteiger partial charge on any atom is -0.355 e. The Balaban J connectivity index is 0.000000123. The van der Waals surface area contributed by atoms with Crippen molar-refractivity contribution >= 4 is 22.7 Å². The zero-order valence-corrected chi connectivity index (χ0v) is 28.5. The lowest BCUT2D eigenvalue weighted by atomic mass is 9.65. The van der Waals surface area contributed by atoms with E-state index in [0.29, 0.717) is 0 Å². The number of fused-ring (bicyclic) bond motifs is 18. The summed E-state index contributed by atoms with van der Waals surface area (Å²) in [5, 5.41) is 7.31. The van der Waals surface area contributed by atoms with Gasteiger partial charge in [0.2, 0.25) is 0 Å². The Labute approximate surface area is 304 Å². The summed E-state index contributed by atoms with van der Waals surface area (Å²) >= 11 is 0. The standard InChI is InChI=1S/2C25H17N/c2*1-3-11-19-17(9-1)18-10-2-4-12-20(18)25(19)21-13-5-7-15-23(21)26-24-16-8-6-14-22(24)25/h2*1-16,26H. The summed E-state index contributed by atoms with van der Waals surface area (Å²) in [6.45, 7) is 0. The molecule has 52 heavy (non-hydrogen) atoms. The molecule has 0 amide bonds. The Morgan fingerprint density at radius 1 is 0.212 bits per heavy atom. The molecule has 2 spiro atoms. The summed E-state index contributed by atoms with van der Waals surface area (Å²) in [5.74, 6) is 0. The van der Waals surface area contributed by atoms with Crippen LogP contribution in [0.1, 0.15) is 44.5 Å². The molecule has 2 aliphatic heterocycles. The van der Waals surface area contributed by atoms with Crippen molar-refractivity contribution in [2.75, 3.05) is 10.6 Å². The SMILES string of the molecule is c1ccc2c(c1)Nc1ccccc1C21c2ccccc2-c2ccccc21.c1ccc2c(c1)Nc1ccccc1C21c2ccccc2-c2ccccc21. The van der Waals surface area contributed by atoms with Crippen LogP contribution in [0.2, 0.25) is 0 Å². The molecule has 0 saturated carbocycles. The summed E-state index contributed by atoms with van der Waals surface area (Å²) in [4.78, 5) is 0. The van der Waals surface area contributed by atoms with Crippen molar-refractivity contribution in [3.8, 4) is 22.3 Å². The van der Waals surface area contributed by atoms with Gasteiger partial charge in [0.1, 0.15) is 0 Å². The molecule has 0 saturated heterocycles. The third-order valence-electron chi connectivity index (χ3n) is 11.8. The van der Waals surface area contributed by atoms with E-state index in [4.69, 9.17) is 0 Å². The first kappa shape index (κ1) is 29.1. The number of benzene rings is 8. The van der Waals surface area contributed by atoms with E-state index in [9.17, 15) is 0 Å². The smallest absolute Gasteiger partial charge is 0.0753 e. The van der Waals surface area contributed by atoms with Gasteiger partial charge in [-0.1, -0.05) is 170 Å². The highest BCUT2D eigenvalue weighted by Gasteiger charge is 2.51. The molecule has 2 aliphatic carbocycles. The number of hydrogen-bond donors (Lipinski definition) is 2. The molecule has 8 aromatic rings. The Kier molecular flexibility index (Phi) is 6.12. The van der Waals surface area contributed by atoms with Crippen molar-refractivity contribution in [2.24, 2.45) is 0 Å². The maximum absolute atomic E-state index is 3.65. The number of anilines is 4. The van der Waals surface area contributed by atoms with Gasteiger partial charge in [-0.2, -0.15) is 0 Å². The molecule has 8 aromatic carbocycles. The molecular formula is C50H34N2. The Morgan fingerprint density at radius 3 is 0.654 bits per heavy atom. The quantitative estimate of drug-likeness (QED) is 0.169. The zero-order valence-electron chi connectivity index (χ0n) is 28.5. The Bertz CT molecular complexity index is 2350. The second-order valence-electron chi connectivity index (χ2n) is 14.1. The molecule has 0 aromatic heterocycles. The highest BCUT2D eigenvalue weighted by molar-refractivity contribution is 5.94. The van der Waals surface area contributed by atoms with Crippen LogP contribution >= 0.6 is 0 Å². The monoisotopic (exact) mass is 662 g/mol. The fraction of sp³-hybridized carbons (Fsp3) is 0.0400. The molecule has 2 heterocycles. The lowest BCUT2D eigenvalue weighted by Gasteiger charge is -2.40. The maximum Gasteiger partial charge on any atom is 0.0753 e. The van der Waals surface area contributed by atoms with Crippen LogP contribution < -0.4 is 10.6 Å². The van der Waals surface area contributed by atoms with E-state index in [-0.39, 0.29) is 10.8 Å². The second kappa shape index (κ2) is 10.9. The summed E-state index contributed by atoms with van der Waals surface area (Å²) < 4.78 is 0. The van der Waals surface area contributed by atoms with Gasteiger partial charge in [0.15, 0.2) is 0 Å². The van der Waals surface area contributed by atoms with Crippen LogP contribution in [0.4, 0.5) is 22.7 Å².